The largest absolute Gasteiger partial charge is 0.481 e. The Morgan fingerprint density at radius 3 is 2.10 bits per heavy atom. The van der Waals surface area contributed by atoms with E-state index in [2.05, 4.69) is 0 Å². The molecule has 1 aromatic rings. The molecular formula is C20H23F2NO7. The van der Waals surface area contributed by atoms with Gasteiger partial charge in [0, 0.05) is 37.9 Å². The standard InChI is InChI=1S/C20H23F2NO7/c1-18(2,3)30-17(28)23-6-4-19(5-7-23)20(21,22)10-11-8-12(15(24)25)13(16(26)27)9-14(11)29-19/h8-9H,4-7,10H2,1-3H3,(H,24,25)(H,26,27). The number of amides is 1. The SMILES string of the molecule is CC(C)(C)OC(=O)N1CCC2(CC1)Oc1cc(C(=O)O)c(C(=O)O)cc1CC2(F)F. The smallest absolute Gasteiger partial charge is 0.410 e. The van der Waals surface area contributed by atoms with Crippen LogP contribution in [-0.2, 0) is 11.2 Å². The van der Waals surface area contributed by atoms with E-state index in [-0.39, 0.29) is 37.2 Å². The number of hydrogen-bond acceptors (Lipinski definition) is 5. The fraction of sp³-hybridized carbons (Fsp3) is 0.550. The summed E-state index contributed by atoms with van der Waals surface area (Å²) < 4.78 is 41.1. The van der Waals surface area contributed by atoms with Crippen LogP contribution in [0.4, 0.5) is 13.6 Å². The molecule has 1 aromatic carbocycles. The zero-order chi connectivity index (χ0) is 22.5. The van der Waals surface area contributed by atoms with E-state index in [9.17, 15) is 24.6 Å². The molecule has 0 radical (unpaired) electrons. The molecule has 1 fully saturated rings. The Kier molecular flexibility index (Phi) is 5.16. The first kappa shape index (κ1) is 21.8. The third kappa shape index (κ3) is 3.90. The lowest BCUT2D eigenvalue weighted by Crippen LogP contribution is -2.62. The summed E-state index contributed by atoms with van der Waals surface area (Å²) in [5.74, 6) is -6.43. The van der Waals surface area contributed by atoms with Crippen molar-refractivity contribution in [2.24, 2.45) is 0 Å². The molecule has 0 saturated carbocycles. The highest BCUT2D eigenvalue weighted by atomic mass is 19.3. The van der Waals surface area contributed by atoms with Gasteiger partial charge in [0.15, 0.2) is 5.60 Å². The van der Waals surface area contributed by atoms with Gasteiger partial charge in [-0.1, -0.05) is 0 Å². The summed E-state index contributed by atoms with van der Waals surface area (Å²) in [5, 5.41) is 18.5. The monoisotopic (exact) mass is 427 g/mol. The van der Waals surface area contributed by atoms with E-state index in [0.29, 0.717) is 0 Å². The molecule has 1 amide bonds. The van der Waals surface area contributed by atoms with E-state index in [1.54, 1.807) is 20.8 Å². The Balaban J connectivity index is 1.88. The second-order valence-electron chi connectivity index (χ2n) is 8.56. The van der Waals surface area contributed by atoms with Crippen molar-refractivity contribution in [1.29, 1.82) is 0 Å². The number of benzene rings is 1. The third-order valence-electron chi connectivity index (χ3n) is 5.27. The Hall–Kier alpha value is -2.91. The number of ether oxygens (including phenoxy) is 2. The topological polar surface area (TPSA) is 113 Å². The molecule has 1 spiro atoms. The number of aromatic carboxylic acids is 2. The molecule has 0 aromatic heterocycles. The van der Waals surface area contributed by atoms with Gasteiger partial charge in [-0.3, -0.25) is 0 Å². The van der Waals surface area contributed by atoms with Gasteiger partial charge in [0.25, 0.3) is 5.92 Å². The van der Waals surface area contributed by atoms with Gasteiger partial charge in [0.05, 0.1) is 11.1 Å². The number of carboxylic acids is 2. The molecule has 30 heavy (non-hydrogen) atoms. The van der Waals surface area contributed by atoms with Crippen LogP contribution in [0.2, 0.25) is 0 Å². The maximum absolute atomic E-state index is 15.1. The van der Waals surface area contributed by atoms with Crippen LogP contribution in [0.25, 0.3) is 0 Å². The van der Waals surface area contributed by atoms with Gasteiger partial charge < -0.3 is 24.6 Å². The van der Waals surface area contributed by atoms with Crippen LogP contribution >= 0.6 is 0 Å². The summed E-state index contributed by atoms with van der Waals surface area (Å²) in [6.07, 6.45) is -1.74. The second kappa shape index (κ2) is 7.10. The molecular weight excluding hydrogens is 404 g/mol. The number of fused-ring (bicyclic) bond motifs is 1. The van der Waals surface area contributed by atoms with Crippen LogP contribution in [0.5, 0.6) is 5.75 Å². The third-order valence-corrected chi connectivity index (χ3v) is 5.27. The predicted octanol–water partition coefficient (Wildman–Crippen LogP) is 3.42. The van der Waals surface area contributed by atoms with Gasteiger partial charge in [-0.05, 0) is 32.9 Å². The van der Waals surface area contributed by atoms with E-state index in [1.807, 2.05) is 0 Å². The van der Waals surface area contributed by atoms with Gasteiger partial charge in [0.1, 0.15) is 11.4 Å². The maximum Gasteiger partial charge on any atom is 0.410 e. The molecule has 0 unspecified atom stereocenters. The lowest BCUT2D eigenvalue weighted by molar-refractivity contribution is -0.194. The van der Waals surface area contributed by atoms with Crippen molar-refractivity contribution in [2.45, 2.75) is 57.2 Å². The first-order valence-corrected chi connectivity index (χ1v) is 9.43. The number of likely N-dealkylation sites (tertiary alicyclic amines) is 1. The first-order chi connectivity index (χ1) is 13.7. The summed E-state index contributed by atoms with van der Waals surface area (Å²) >= 11 is 0. The van der Waals surface area contributed by atoms with Crippen molar-refractivity contribution in [1.82, 2.24) is 4.90 Å². The fourth-order valence-corrected chi connectivity index (χ4v) is 3.74. The number of piperidine rings is 1. The normalized spacial score (nSPS) is 19.6. The predicted molar refractivity (Wildman–Crippen MR) is 99.4 cm³/mol. The summed E-state index contributed by atoms with van der Waals surface area (Å²) in [5.41, 5.74) is -3.81. The van der Waals surface area contributed by atoms with Crippen LogP contribution in [0.1, 0.15) is 59.9 Å². The number of hydrogen-bond donors (Lipinski definition) is 2. The van der Waals surface area contributed by atoms with Gasteiger partial charge in [-0.25, -0.2) is 23.2 Å². The summed E-state index contributed by atoms with van der Waals surface area (Å²) in [7, 11) is 0. The van der Waals surface area contributed by atoms with E-state index in [1.165, 1.54) is 4.90 Å². The highest BCUT2D eigenvalue weighted by Gasteiger charge is 2.60. The van der Waals surface area contributed by atoms with E-state index >= 15 is 8.78 Å². The van der Waals surface area contributed by atoms with E-state index in [0.717, 1.165) is 12.1 Å². The van der Waals surface area contributed by atoms with Crippen LogP contribution in [0, 0.1) is 0 Å². The summed E-state index contributed by atoms with van der Waals surface area (Å²) in [6, 6.07) is 1.91. The molecule has 0 atom stereocenters. The van der Waals surface area contributed by atoms with Gasteiger partial charge in [-0.15, -0.1) is 0 Å². The number of nitrogens with zero attached hydrogens (tertiary/aromatic N) is 1. The minimum atomic E-state index is -3.33. The van der Waals surface area contributed by atoms with Gasteiger partial charge >= 0.3 is 18.0 Å². The number of carboxylic acid groups (broad SMARTS) is 2. The van der Waals surface area contributed by atoms with Crippen molar-refractivity contribution in [3.63, 3.8) is 0 Å². The zero-order valence-electron chi connectivity index (χ0n) is 16.8. The molecule has 3 rings (SSSR count). The molecule has 2 heterocycles. The van der Waals surface area contributed by atoms with E-state index < -0.39 is 52.7 Å². The number of carbonyl (C=O) groups is 3. The molecule has 2 N–H and O–H groups in total. The van der Waals surface area contributed by atoms with E-state index in [4.69, 9.17) is 9.47 Å². The Morgan fingerprint density at radius 1 is 1.07 bits per heavy atom. The molecule has 10 heteroatoms. The molecule has 1 saturated heterocycles. The highest BCUT2D eigenvalue weighted by Crippen LogP contribution is 2.49. The Labute approximate surface area is 171 Å². The molecule has 164 valence electrons. The Bertz CT molecular complexity index is 899. The lowest BCUT2D eigenvalue weighted by atomic mass is 9.79. The van der Waals surface area contributed by atoms with Crippen molar-refractivity contribution in [2.75, 3.05) is 13.1 Å². The average molecular weight is 427 g/mol. The number of carbonyl (C=O) groups excluding carboxylic acids is 1. The van der Waals surface area contributed by atoms with Gasteiger partial charge in [-0.2, -0.15) is 0 Å². The average Bonchev–Trinajstić information content (AvgIpc) is 2.60. The fourth-order valence-electron chi connectivity index (χ4n) is 3.74. The minimum Gasteiger partial charge on any atom is -0.481 e. The van der Waals surface area contributed by atoms with Crippen LogP contribution < -0.4 is 4.74 Å². The number of alkyl halides is 2. The lowest BCUT2D eigenvalue weighted by Gasteiger charge is -2.48. The summed E-state index contributed by atoms with van der Waals surface area (Å²) in [4.78, 5) is 36.3. The summed E-state index contributed by atoms with van der Waals surface area (Å²) in [6.45, 7) is 5.09. The second-order valence-corrected chi connectivity index (χ2v) is 8.56. The van der Waals surface area contributed by atoms with Crippen LogP contribution in [-0.4, -0.2) is 63.4 Å². The number of halogens is 2. The Morgan fingerprint density at radius 2 is 1.60 bits per heavy atom. The first-order valence-electron chi connectivity index (χ1n) is 9.43. The zero-order valence-corrected chi connectivity index (χ0v) is 16.8. The van der Waals surface area contributed by atoms with Crippen molar-refractivity contribution in [3.8, 4) is 5.75 Å². The van der Waals surface area contributed by atoms with Gasteiger partial charge in [0.2, 0.25) is 0 Å². The number of rotatable bonds is 2. The van der Waals surface area contributed by atoms with Crippen molar-refractivity contribution >= 4 is 18.0 Å². The quantitative estimate of drug-likeness (QED) is 0.743. The molecule has 0 aliphatic carbocycles. The van der Waals surface area contributed by atoms with Crippen LogP contribution in [0.3, 0.4) is 0 Å². The minimum absolute atomic E-state index is 0.0150. The van der Waals surface area contributed by atoms with Crippen molar-refractivity contribution < 1.29 is 42.9 Å². The maximum atomic E-state index is 15.1. The van der Waals surface area contributed by atoms with Crippen molar-refractivity contribution in [3.05, 3.63) is 28.8 Å². The molecule has 0 bridgehead atoms. The molecule has 2 aliphatic heterocycles. The molecule has 2 aliphatic rings. The highest BCUT2D eigenvalue weighted by molar-refractivity contribution is 6.02. The molecule has 8 nitrogen and oxygen atoms in total. The van der Waals surface area contributed by atoms with Crippen LogP contribution in [0.15, 0.2) is 12.1 Å².